The molecule has 7 atom stereocenters. The second-order valence-corrected chi connectivity index (χ2v) is 10.5. The number of ketones is 1. The molecule has 3 aliphatic rings. The lowest BCUT2D eigenvalue weighted by molar-refractivity contribution is -0.232. The molecule has 12 heteroatoms. The second kappa shape index (κ2) is 9.26. The summed E-state index contributed by atoms with van der Waals surface area (Å²) in [6.45, 7) is 2.18. The third kappa shape index (κ3) is 4.13. The number of hydrogen-bond acceptors (Lipinski definition) is 12. The molecule has 38 heavy (non-hydrogen) atoms. The average molecular weight is 535 g/mol. The number of phenols is 3. The number of phenolic OH excluding ortho intramolecular Hbond substituents is 3. The van der Waals surface area contributed by atoms with Gasteiger partial charge in [0, 0.05) is 23.6 Å². The smallest absolute Gasteiger partial charge is 0.214 e. The molecule has 12 nitrogen and oxygen atoms in total. The number of carbonyl (C=O) groups is 1. The molecule has 1 saturated heterocycles. The maximum absolute atomic E-state index is 13.4. The van der Waals surface area contributed by atoms with Crippen LogP contribution >= 0.6 is 0 Å². The van der Waals surface area contributed by atoms with Crippen molar-refractivity contribution in [1.29, 1.82) is 0 Å². The van der Waals surface area contributed by atoms with E-state index in [1.165, 1.54) is 6.07 Å². The Balaban J connectivity index is 1.46. The molecule has 2 aromatic rings. The van der Waals surface area contributed by atoms with Gasteiger partial charge in [0.2, 0.25) is 5.78 Å². The monoisotopic (exact) mass is 534 g/mol. The van der Waals surface area contributed by atoms with E-state index in [-0.39, 0.29) is 40.9 Å². The first-order valence-corrected chi connectivity index (χ1v) is 12.1. The molecule has 0 saturated carbocycles. The number of ether oxygens (including phenoxy) is 3. The largest absolute Gasteiger partial charge is 0.508 e. The van der Waals surface area contributed by atoms with E-state index in [1.54, 1.807) is 19.9 Å². The SMILES string of the molecule is CC(C)(O)C1Cc2cc1c(O)cc2OC1COc2c(c(O)cc(O)c2[C@@H]2O[C@H](CO)[C@@H](O)[C@H](O)[C@H]2O)C1=O. The molecule has 2 unspecified atom stereocenters. The summed E-state index contributed by atoms with van der Waals surface area (Å²) in [4.78, 5) is 13.4. The molecule has 2 heterocycles. The van der Waals surface area contributed by atoms with Crippen molar-refractivity contribution in [3.8, 4) is 28.7 Å². The van der Waals surface area contributed by atoms with E-state index in [0.29, 0.717) is 17.5 Å². The van der Waals surface area contributed by atoms with Crippen molar-refractivity contribution in [2.24, 2.45) is 0 Å². The number of rotatable bonds is 5. The predicted molar refractivity (Wildman–Crippen MR) is 128 cm³/mol. The Bertz CT molecular complexity index is 1270. The number of aliphatic hydroxyl groups excluding tert-OH is 4. The van der Waals surface area contributed by atoms with Crippen LogP contribution in [0.25, 0.3) is 0 Å². The number of carbonyl (C=O) groups excluding carboxylic acids is 1. The molecule has 206 valence electrons. The van der Waals surface area contributed by atoms with Gasteiger partial charge in [-0.1, -0.05) is 0 Å². The van der Waals surface area contributed by atoms with Crippen LogP contribution < -0.4 is 9.47 Å². The zero-order valence-electron chi connectivity index (χ0n) is 20.6. The Kier molecular flexibility index (Phi) is 6.45. The van der Waals surface area contributed by atoms with E-state index in [1.807, 2.05) is 0 Å². The Labute approximate surface area is 216 Å². The van der Waals surface area contributed by atoms with Crippen LogP contribution in [0.1, 0.15) is 52.9 Å². The molecule has 0 spiro atoms. The highest BCUT2D eigenvalue weighted by molar-refractivity contribution is 6.06. The van der Waals surface area contributed by atoms with Gasteiger partial charge in [0.25, 0.3) is 0 Å². The van der Waals surface area contributed by atoms with Crippen molar-refractivity contribution >= 4 is 5.78 Å². The number of aromatic hydroxyl groups is 3. The first-order valence-electron chi connectivity index (χ1n) is 12.1. The number of benzene rings is 2. The van der Waals surface area contributed by atoms with Gasteiger partial charge in [-0.2, -0.15) is 0 Å². The fourth-order valence-electron chi connectivity index (χ4n) is 5.43. The summed E-state index contributed by atoms with van der Waals surface area (Å²) in [5.41, 5.74) is -0.496. The van der Waals surface area contributed by atoms with Crippen molar-refractivity contribution in [2.45, 2.75) is 68.4 Å². The Hall–Kier alpha value is -3.13. The Morgan fingerprint density at radius 1 is 1.00 bits per heavy atom. The van der Waals surface area contributed by atoms with Crippen LogP contribution in [0, 0.1) is 0 Å². The standard InChI is InChI=1S/C26H30O12/c1-26(2,35)11-4-9-3-10(11)12(28)6-15(9)37-17-8-36-24-18(20(17)31)13(29)5-14(30)19(24)25-23(34)22(33)21(32)16(7-27)38-25/h3,5-6,11,16-17,21-23,25,27-30,32-35H,4,7-8H2,1-2H3/t11?,16-,17?,21-,22+,23-,25+/m1/s1. The number of aliphatic hydroxyl groups is 5. The van der Waals surface area contributed by atoms with Crippen LogP contribution in [0.5, 0.6) is 28.7 Å². The lowest BCUT2D eigenvalue weighted by atomic mass is 9.86. The van der Waals surface area contributed by atoms with Crippen molar-refractivity contribution in [3.05, 3.63) is 40.5 Å². The summed E-state index contributed by atoms with van der Waals surface area (Å²) in [5, 5.41) is 82.4. The van der Waals surface area contributed by atoms with Crippen LogP contribution in [0.15, 0.2) is 18.2 Å². The molecular formula is C26H30O12. The third-order valence-electron chi connectivity index (χ3n) is 7.50. The van der Waals surface area contributed by atoms with Crippen LogP contribution in [0.2, 0.25) is 0 Å². The van der Waals surface area contributed by atoms with E-state index < -0.39 is 66.1 Å². The maximum Gasteiger partial charge on any atom is 0.214 e. The predicted octanol–water partition coefficient (Wildman–Crippen LogP) is -0.248. The summed E-state index contributed by atoms with van der Waals surface area (Å²) in [5.74, 6) is -2.53. The zero-order chi connectivity index (χ0) is 27.7. The molecule has 2 aromatic carbocycles. The summed E-state index contributed by atoms with van der Waals surface area (Å²) in [6.07, 6.45) is -8.85. The van der Waals surface area contributed by atoms with E-state index in [4.69, 9.17) is 14.2 Å². The fraction of sp³-hybridized carbons (Fsp3) is 0.500. The number of hydrogen-bond donors (Lipinski definition) is 8. The molecular weight excluding hydrogens is 504 g/mol. The summed E-state index contributed by atoms with van der Waals surface area (Å²) in [7, 11) is 0. The minimum Gasteiger partial charge on any atom is -0.508 e. The summed E-state index contributed by atoms with van der Waals surface area (Å²) >= 11 is 0. The second-order valence-electron chi connectivity index (χ2n) is 10.5. The van der Waals surface area contributed by atoms with Crippen molar-refractivity contribution in [2.75, 3.05) is 13.2 Å². The van der Waals surface area contributed by atoms with Gasteiger partial charge in [0.15, 0.2) is 6.10 Å². The fourth-order valence-corrected chi connectivity index (χ4v) is 5.43. The quantitative estimate of drug-likeness (QED) is 0.250. The van der Waals surface area contributed by atoms with Gasteiger partial charge < -0.3 is 55.1 Å². The van der Waals surface area contributed by atoms with Crippen LogP contribution in [0.3, 0.4) is 0 Å². The molecule has 2 bridgehead atoms. The summed E-state index contributed by atoms with van der Waals surface area (Å²) in [6, 6.07) is 3.91. The van der Waals surface area contributed by atoms with Gasteiger partial charge in [0.05, 0.1) is 17.8 Å². The Morgan fingerprint density at radius 2 is 1.71 bits per heavy atom. The van der Waals surface area contributed by atoms with Crippen molar-refractivity contribution < 1.29 is 59.9 Å². The van der Waals surface area contributed by atoms with E-state index in [2.05, 4.69) is 0 Å². The molecule has 0 amide bonds. The van der Waals surface area contributed by atoms with E-state index >= 15 is 0 Å². The van der Waals surface area contributed by atoms with Gasteiger partial charge in [-0.05, 0) is 31.9 Å². The van der Waals surface area contributed by atoms with E-state index in [0.717, 1.165) is 6.07 Å². The lowest BCUT2D eigenvalue weighted by Gasteiger charge is -2.41. The molecule has 2 aliphatic heterocycles. The number of fused-ring (bicyclic) bond motifs is 3. The van der Waals surface area contributed by atoms with Crippen LogP contribution in [0.4, 0.5) is 0 Å². The van der Waals surface area contributed by atoms with Gasteiger partial charge in [-0.3, -0.25) is 4.79 Å². The minimum atomic E-state index is -1.77. The van der Waals surface area contributed by atoms with Gasteiger partial charge in [-0.25, -0.2) is 0 Å². The topological polar surface area (TPSA) is 207 Å². The molecule has 1 fully saturated rings. The van der Waals surface area contributed by atoms with Crippen molar-refractivity contribution in [1.82, 2.24) is 0 Å². The van der Waals surface area contributed by atoms with E-state index in [9.17, 15) is 45.6 Å². The first kappa shape index (κ1) is 26.5. The van der Waals surface area contributed by atoms with Crippen LogP contribution in [-0.4, -0.2) is 96.0 Å². The first-order chi connectivity index (χ1) is 17.8. The molecule has 1 aliphatic carbocycles. The lowest BCUT2D eigenvalue weighted by Crippen LogP contribution is -2.55. The maximum atomic E-state index is 13.4. The highest BCUT2D eigenvalue weighted by Crippen LogP contribution is 2.49. The third-order valence-corrected chi connectivity index (χ3v) is 7.50. The normalized spacial score (nSPS) is 30.6. The van der Waals surface area contributed by atoms with Gasteiger partial charge >= 0.3 is 0 Å². The van der Waals surface area contributed by atoms with Crippen molar-refractivity contribution in [3.63, 3.8) is 0 Å². The highest BCUT2D eigenvalue weighted by Gasteiger charge is 2.48. The minimum absolute atomic E-state index is 0.101. The molecule has 8 N–H and O–H groups in total. The summed E-state index contributed by atoms with van der Waals surface area (Å²) < 4.78 is 17.2. The highest BCUT2D eigenvalue weighted by atomic mass is 16.6. The average Bonchev–Trinajstić information content (AvgIpc) is 3.26. The molecule has 0 radical (unpaired) electrons. The molecule has 0 aromatic heterocycles. The zero-order valence-corrected chi connectivity index (χ0v) is 20.6. The van der Waals surface area contributed by atoms with Gasteiger partial charge in [-0.15, -0.1) is 0 Å². The molecule has 5 rings (SSSR count). The Morgan fingerprint density at radius 3 is 2.37 bits per heavy atom. The van der Waals surface area contributed by atoms with Gasteiger partial charge in [0.1, 0.15) is 71.4 Å². The number of Topliss-reactive ketones (excluding diaryl/α,β-unsaturated/α-hetero) is 1. The van der Waals surface area contributed by atoms with Crippen LogP contribution in [-0.2, 0) is 11.2 Å².